The SMILES string of the molecule is CC(C)(C)OC(=O)N1[C@H](CO)[C@@H](c2cccc(CN3[C@H](CO)[C@@H](c4ccccc4)OC3(C)C)c2)OC1(C)C. The molecule has 2 saturated heterocycles. The second-order valence-corrected chi connectivity index (χ2v) is 12.1. The van der Waals surface area contributed by atoms with E-state index in [1.807, 2.05) is 103 Å². The van der Waals surface area contributed by atoms with Gasteiger partial charge in [0.25, 0.3) is 0 Å². The highest BCUT2D eigenvalue weighted by atomic mass is 16.6. The zero-order valence-electron chi connectivity index (χ0n) is 23.5. The predicted molar refractivity (Wildman–Crippen MR) is 144 cm³/mol. The molecule has 0 aromatic heterocycles. The van der Waals surface area contributed by atoms with Gasteiger partial charge < -0.3 is 24.4 Å². The van der Waals surface area contributed by atoms with Crippen molar-refractivity contribution in [1.82, 2.24) is 9.80 Å². The monoisotopic (exact) mass is 526 g/mol. The molecule has 0 unspecified atom stereocenters. The number of carbonyl (C=O) groups is 1. The number of carbonyl (C=O) groups excluding carboxylic acids is 1. The summed E-state index contributed by atoms with van der Waals surface area (Å²) in [5, 5.41) is 20.7. The lowest BCUT2D eigenvalue weighted by Gasteiger charge is -2.34. The Morgan fingerprint density at radius 3 is 2.05 bits per heavy atom. The Balaban J connectivity index is 1.59. The lowest BCUT2D eigenvalue weighted by molar-refractivity contribution is -0.0805. The van der Waals surface area contributed by atoms with E-state index in [2.05, 4.69) is 4.90 Å². The molecule has 4 atom stereocenters. The highest BCUT2D eigenvalue weighted by molar-refractivity contribution is 5.70. The number of amides is 1. The van der Waals surface area contributed by atoms with Crippen molar-refractivity contribution >= 4 is 6.09 Å². The molecule has 0 aliphatic carbocycles. The zero-order chi connectivity index (χ0) is 27.9. The summed E-state index contributed by atoms with van der Waals surface area (Å²) in [4.78, 5) is 16.8. The van der Waals surface area contributed by atoms with Gasteiger partial charge in [0.15, 0.2) is 0 Å². The van der Waals surface area contributed by atoms with Crippen LogP contribution in [0.5, 0.6) is 0 Å². The molecule has 2 aromatic carbocycles. The number of aliphatic hydroxyl groups is 2. The molecule has 4 rings (SSSR count). The first-order valence-electron chi connectivity index (χ1n) is 13.3. The smallest absolute Gasteiger partial charge is 0.413 e. The van der Waals surface area contributed by atoms with Crippen LogP contribution in [0.15, 0.2) is 54.6 Å². The van der Waals surface area contributed by atoms with E-state index >= 15 is 0 Å². The maximum atomic E-state index is 13.1. The first kappa shape index (κ1) is 28.5. The van der Waals surface area contributed by atoms with Gasteiger partial charge in [-0.25, -0.2) is 4.79 Å². The van der Waals surface area contributed by atoms with E-state index < -0.39 is 35.3 Å². The largest absolute Gasteiger partial charge is 0.444 e. The highest BCUT2D eigenvalue weighted by Gasteiger charge is 2.52. The van der Waals surface area contributed by atoms with Crippen LogP contribution in [-0.4, -0.2) is 68.5 Å². The van der Waals surface area contributed by atoms with Crippen molar-refractivity contribution in [3.05, 3.63) is 71.3 Å². The van der Waals surface area contributed by atoms with Crippen LogP contribution in [0.4, 0.5) is 4.79 Å². The Bertz CT molecular complexity index is 1110. The summed E-state index contributed by atoms with van der Waals surface area (Å²) in [5.41, 5.74) is 0.670. The minimum absolute atomic E-state index is 0.0416. The molecule has 38 heavy (non-hydrogen) atoms. The van der Waals surface area contributed by atoms with Crippen molar-refractivity contribution in [3.8, 4) is 0 Å². The first-order valence-corrected chi connectivity index (χ1v) is 13.3. The Morgan fingerprint density at radius 1 is 0.868 bits per heavy atom. The van der Waals surface area contributed by atoms with E-state index in [-0.39, 0.29) is 25.4 Å². The molecule has 208 valence electrons. The van der Waals surface area contributed by atoms with Crippen LogP contribution in [0.25, 0.3) is 0 Å². The van der Waals surface area contributed by atoms with Gasteiger partial charge in [0.2, 0.25) is 0 Å². The summed E-state index contributed by atoms with van der Waals surface area (Å²) < 4.78 is 18.4. The summed E-state index contributed by atoms with van der Waals surface area (Å²) in [7, 11) is 0. The molecule has 2 N–H and O–H groups in total. The van der Waals surface area contributed by atoms with E-state index in [0.29, 0.717) is 6.54 Å². The number of ether oxygens (including phenoxy) is 3. The second-order valence-electron chi connectivity index (χ2n) is 12.1. The van der Waals surface area contributed by atoms with Crippen LogP contribution in [0.3, 0.4) is 0 Å². The molecule has 0 bridgehead atoms. The van der Waals surface area contributed by atoms with E-state index in [1.54, 1.807) is 0 Å². The summed E-state index contributed by atoms with van der Waals surface area (Å²) in [5.74, 6) is 0. The minimum Gasteiger partial charge on any atom is -0.444 e. The van der Waals surface area contributed by atoms with Crippen LogP contribution in [-0.2, 0) is 20.8 Å². The second kappa shape index (κ2) is 10.6. The average molecular weight is 527 g/mol. The fourth-order valence-electron chi connectivity index (χ4n) is 5.63. The molecule has 0 spiro atoms. The molecular formula is C30H42N2O6. The van der Waals surface area contributed by atoms with Crippen molar-refractivity contribution < 1.29 is 29.2 Å². The van der Waals surface area contributed by atoms with Gasteiger partial charge in [-0.2, -0.15) is 0 Å². The van der Waals surface area contributed by atoms with Gasteiger partial charge in [0.05, 0.1) is 25.3 Å². The number of rotatable bonds is 6. The van der Waals surface area contributed by atoms with E-state index in [1.165, 1.54) is 4.90 Å². The summed E-state index contributed by atoms with van der Waals surface area (Å²) >= 11 is 0. The molecule has 0 saturated carbocycles. The number of hydrogen-bond acceptors (Lipinski definition) is 7. The van der Waals surface area contributed by atoms with Gasteiger partial charge in [-0.1, -0.05) is 54.6 Å². The van der Waals surface area contributed by atoms with Crippen molar-refractivity contribution in [2.75, 3.05) is 13.2 Å². The third kappa shape index (κ3) is 5.75. The molecule has 2 aliphatic heterocycles. The molecule has 8 heteroatoms. The molecule has 8 nitrogen and oxygen atoms in total. The molecule has 1 amide bonds. The fraction of sp³-hybridized carbons (Fsp3) is 0.567. The van der Waals surface area contributed by atoms with Gasteiger partial charge in [0.1, 0.15) is 29.3 Å². The number of benzene rings is 2. The van der Waals surface area contributed by atoms with Crippen LogP contribution in [0.2, 0.25) is 0 Å². The van der Waals surface area contributed by atoms with Gasteiger partial charge in [-0.15, -0.1) is 0 Å². The highest BCUT2D eigenvalue weighted by Crippen LogP contribution is 2.44. The molecule has 2 heterocycles. The summed E-state index contributed by atoms with van der Waals surface area (Å²) in [6.45, 7) is 13.3. The van der Waals surface area contributed by atoms with E-state index in [4.69, 9.17) is 14.2 Å². The van der Waals surface area contributed by atoms with Crippen molar-refractivity contribution in [2.24, 2.45) is 0 Å². The third-order valence-corrected chi connectivity index (χ3v) is 7.26. The van der Waals surface area contributed by atoms with Crippen LogP contribution < -0.4 is 0 Å². The Morgan fingerprint density at radius 2 is 1.45 bits per heavy atom. The number of aliphatic hydroxyl groups excluding tert-OH is 2. The Labute approximate surface area is 226 Å². The quantitative estimate of drug-likeness (QED) is 0.561. The third-order valence-electron chi connectivity index (χ3n) is 7.26. The van der Waals surface area contributed by atoms with Crippen molar-refractivity contribution in [2.45, 2.75) is 96.4 Å². The fourth-order valence-corrected chi connectivity index (χ4v) is 5.63. The average Bonchev–Trinajstić information content (AvgIpc) is 3.27. The molecule has 2 aromatic rings. The van der Waals surface area contributed by atoms with Crippen molar-refractivity contribution in [3.63, 3.8) is 0 Å². The van der Waals surface area contributed by atoms with Gasteiger partial charge >= 0.3 is 6.09 Å². The van der Waals surface area contributed by atoms with Crippen LogP contribution in [0.1, 0.15) is 77.4 Å². The lowest BCUT2D eigenvalue weighted by atomic mass is 9.98. The Hall–Kier alpha value is -2.49. The van der Waals surface area contributed by atoms with Gasteiger partial charge in [-0.3, -0.25) is 9.80 Å². The standard InChI is InChI=1S/C30H42N2O6/c1-28(2,3)38-27(35)32-24(19-34)26(37-30(32,6)7)22-15-11-12-20(16-22)17-31-23(18-33)25(36-29(31,4)5)21-13-9-8-10-14-21/h8-16,23-26,33-34H,17-19H2,1-7H3/t23-,24-,25-,26-/m1/s1. The number of hydrogen-bond donors (Lipinski definition) is 2. The van der Waals surface area contributed by atoms with Gasteiger partial charge in [0, 0.05) is 6.54 Å². The topological polar surface area (TPSA) is 91.7 Å². The Kier molecular flexibility index (Phi) is 7.94. The maximum Gasteiger partial charge on any atom is 0.413 e. The van der Waals surface area contributed by atoms with Crippen LogP contribution in [0, 0.1) is 0 Å². The van der Waals surface area contributed by atoms with E-state index in [0.717, 1.165) is 16.7 Å². The number of nitrogens with zero attached hydrogens (tertiary/aromatic N) is 2. The summed E-state index contributed by atoms with van der Waals surface area (Å²) in [6, 6.07) is 17.1. The maximum absolute atomic E-state index is 13.1. The molecular weight excluding hydrogens is 484 g/mol. The normalized spacial score (nSPS) is 27.0. The lowest BCUT2D eigenvalue weighted by Crippen LogP contribution is -2.51. The zero-order valence-corrected chi connectivity index (χ0v) is 23.5. The molecule has 2 aliphatic rings. The van der Waals surface area contributed by atoms with Gasteiger partial charge in [-0.05, 0) is 65.2 Å². The van der Waals surface area contributed by atoms with Crippen LogP contribution >= 0.6 is 0 Å². The first-order chi connectivity index (χ1) is 17.8. The minimum atomic E-state index is -0.966. The summed E-state index contributed by atoms with van der Waals surface area (Å²) in [6.07, 6.45) is -1.30. The predicted octanol–water partition coefficient (Wildman–Crippen LogP) is 4.76. The molecule has 2 fully saturated rings. The van der Waals surface area contributed by atoms with Crippen molar-refractivity contribution in [1.29, 1.82) is 0 Å². The van der Waals surface area contributed by atoms with E-state index in [9.17, 15) is 15.0 Å². The molecule has 0 radical (unpaired) electrons.